The number of nitrogens with zero attached hydrogens (tertiary/aromatic N) is 1. The van der Waals surface area contributed by atoms with Gasteiger partial charge in [-0.1, -0.05) is 26.0 Å². The third-order valence-corrected chi connectivity index (χ3v) is 3.58. The Morgan fingerprint density at radius 2 is 1.95 bits per heavy atom. The van der Waals surface area contributed by atoms with E-state index in [0.29, 0.717) is 12.3 Å². The van der Waals surface area contributed by atoms with Gasteiger partial charge in [-0.05, 0) is 24.1 Å². The molecule has 0 unspecified atom stereocenters. The summed E-state index contributed by atoms with van der Waals surface area (Å²) >= 11 is 5.59. The van der Waals surface area contributed by atoms with Crippen molar-refractivity contribution in [2.24, 2.45) is 4.40 Å². The molecule has 0 spiro atoms. The number of hydrogen-bond donors (Lipinski definition) is 0. The third-order valence-electron chi connectivity index (χ3n) is 2.14. The second-order valence-electron chi connectivity index (χ2n) is 4.08. The maximum atomic E-state index is 11.8. The Kier molecular flexibility index (Phi) is 5.62. The molecule has 0 aliphatic rings. The van der Waals surface area contributed by atoms with Crippen LogP contribution < -0.4 is 5.11 Å². The van der Waals surface area contributed by atoms with Gasteiger partial charge >= 0.3 is 0 Å². The van der Waals surface area contributed by atoms with Gasteiger partial charge in [0.2, 0.25) is 0 Å². The van der Waals surface area contributed by atoms with E-state index >= 15 is 0 Å². The van der Waals surface area contributed by atoms with Crippen molar-refractivity contribution in [3.63, 3.8) is 0 Å². The van der Waals surface area contributed by atoms with E-state index in [9.17, 15) is 13.5 Å². The van der Waals surface area contributed by atoms with Crippen LogP contribution in [0.15, 0.2) is 33.6 Å². The Morgan fingerprint density at radius 1 is 1.37 bits per heavy atom. The number of rotatable bonds is 5. The van der Waals surface area contributed by atoms with Crippen molar-refractivity contribution in [1.29, 1.82) is 0 Å². The molecule has 1 aromatic rings. The zero-order valence-electron chi connectivity index (χ0n) is 10.7. The molecule has 0 aliphatic heterocycles. The molecule has 0 heterocycles. The highest BCUT2D eigenvalue weighted by atomic mass is 35.5. The Labute approximate surface area is 117 Å². The van der Waals surface area contributed by atoms with Crippen molar-refractivity contribution in [2.45, 2.75) is 31.3 Å². The van der Waals surface area contributed by atoms with Gasteiger partial charge in [0, 0.05) is 12.0 Å². The summed E-state index contributed by atoms with van der Waals surface area (Å²) in [5.74, 6) is 0.456. The standard InChI is InChI=1S/C12H16ClNO4S/c1-9(2)18-12(15)14-19(16,17)11-5-3-10(4-6-11)7-8-13/h3-6,9H,7-8H2,1-2H3,(H,14,15)/p-1. The lowest BCUT2D eigenvalue weighted by molar-refractivity contribution is -0.253. The molecule has 0 N–H and O–H groups in total. The van der Waals surface area contributed by atoms with Crippen molar-refractivity contribution >= 4 is 27.7 Å². The lowest BCUT2D eigenvalue weighted by Crippen LogP contribution is -2.26. The van der Waals surface area contributed by atoms with Crippen LogP contribution in [0.25, 0.3) is 0 Å². The summed E-state index contributed by atoms with van der Waals surface area (Å²) in [6.45, 7) is 3.22. The lowest BCUT2D eigenvalue weighted by Gasteiger charge is -2.17. The highest BCUT2D eigenvalue weighted by molar-refractivity contribution is 7.90. The minimum Gasteiger partial charge on any atom is -0.597 e. The van der Waals surface area contributed by atoms with E-state index in [1.165, 1.54) is 12.1 Å². The number of alkyl halides is 1. The van der Waals surface area contributed by atoms with E-state index in [2.05, 4.69) is 9.13 Å². The van der Waals surface area contributed by atoms with Crippen LogP contribution in [0.4, 0.5) is 0 Å². The summed E-state index contributed by atoms with van der Waals surface area (Å²) in [4.78, 5) is -0.0495. The second kappa shape index (κ2) is 6.77. The normalized spacial score (nSPS) is 12.7. The first kappa shape index (κ1) is 15.8. The van der Waals surface area contributed by atoms with Crippen LogP contribution in [0, 0.1) is 0 Å². The van der Waals surface area contributed by atoms with Crippen LogP contribution in [-0.4, -0.2) is 26.5 Å². The number of halogens is 1. The molecule has 1 aromatic carbocycles. The largest absolute Gasteiger partial charge is 0.597 e. The van der Waals surface area contributed by atoms with Crippen molar-refractivity contribution in [3.05, 3.63) is 29.8 Å². The fourth-order valence-corrected chi connectivity index (χ4v) is 2.35. The molecule has 0 saturated carbocycles. The maximum Gasteiger partial charge on any atom is 0.284 e. The van der Waals surface area contributed by atoms with E-state index in [-0.39, 0.29) is 4.90 Å². The van der Waals surface area contributed by atoms with Crippen molar-refractivity contribution in [2.75, 3.05) is 5.88 Å². The molecule has 0 aromatic heterocycles. The van der Waals surface area contributed by atoms with Crippen LogP contribution in [0.1, 0.15) is 19.4 Å². The van der Waals surface area contributed by atoms with Gasteiger partial charge in [0.05, 0.1) is 4.90 Å². The molecule has 7 heteroatoms. The molecule has 0 aliphatic carbocycles. The minimum absolute atomic E-state index is 0.0495. The average Bonchev–Trinajstić information content (AvgIpc) is 2.28. The van der Waals surface area contributed by atoms with E-state index < -0.39 is 22.2 Å². The SMILES string of the molecule is CC(C)OC([O-])=NS(=O)(=O)c1ccc(CCCl)cc1. The Balaban J connectivity index is 2.94. The zero-order valence-corrected chi connectivity index (χ0v) is 12.2. The van der Waals surface area contributed by atoms with Gasteiger partial charge < -0.3 is 9.84 Å². The predicted octanol–water partition coefficient (Wildman–Crippen LogP) is 1.30. The summed E-state index contributed by atoms with van der Waals surface area (Å²) in [6, 6.07) is 6.06. The summed E-state index contributed by atoms with van der Waals surface area (Å²) in [5, 5.41) is 11.2. The lowest BCUT2D eigenvalue weighted by atomic mass is 10.2. The topological polar surface area (TPSA) is 78.8 Å². The first-order chi connectivity index (χ1) is 8.85. The van der Waals surface area contributed by atoms with Gasteiger partial charge in [-0.2, -0.15) is 8.42 Å². The fourth-order valence-electron chi connectivity index (χ4n) is 1.31. The molecule has 19 heavy (non-hydrogen) atoms. The van der Waals surface area contributed by atoms with Gasteiger partial charge in [-0.25, -0.2) is 0 Å². The molecular weight excluding hydrogens is 290 g/mol. The van der Waals surface area contributed by atoms with E-state index in [0.717, 1.165) is 5.56 Å². The van der Waals surface area contributed by atoms with Crippen LogP contribution in [-0.2, 0) is 21.2 Å². The number of ether oxygens (including phenoxy) is 1. The maximum absolute atomic E-state index is 11.8. The van der Waals surface area contributed by atoms with Gasteiger partial charge in [-0.15, -0.1) is 16.0 Å². The van der Waals surface area contributed by atoms with Crippen molar-refractivity contribution < 1.29 is 18.3 Å². The summed E-state index contributed by atoms with van der Waals surface area (Å²) in [7, 11) is -4.02. The van der Waals surface area contributed by atoms with Gasteiger partial charge in [0.25, 0.3) is 10.0 Å². The molecule has 106 valence electrons. The fraction of sp³-hybridized carbons (Fsp3) is 0.417. The Bertz CT molecular complexity index is 537. The number of benzene rings is 1. The molecule has 0 amide bonds. The molecule has 0 saturated heterocycles. The smallest absolute Gasteiger partial charge is 0.284 e. The van der Waals surface area contributed by atoms with Crippen LogP contribution in [0.3, 0.4) is 0 Å². The Hall–Kier alpha value is -1.27. The van der Waals surface area contributed by atoms with Crippen LogP contribution in [0.2, 0.25) is 0 Å². The molecule has 0 bridgehead atoms. The first-order valence-electron chi connectivity index (χ1n) is 5.68. The number of aryl methyl sites for hydroxylation is 1. The van der Waals surface area contributed by atoms with E-state index in [4.69, 9.17) is 11.6 Å². The van der Waals surface area contributed by atoms with Crippen LogP contribution in [0.5, 0.6) is 0 Å². The summed E-state index contributed by atoms with van der Waals surface area (Å²) in [5.41, 5.74) is 0.915. The monoisotopic (exact) mass is 304 g/mol. The van der Waals surface area contributed by atoms with Gasteiger partial charge in [-0.3, -0.25) is 0 Å². The quantitative estimate of drug-likeness (QED) is 0.466. The van der Waals surface area contributed by atoms with Crippen LogP contribution >= 0.6 is 11.6 Å². The molecule has 5 nitrogen and oxygen atoms in total. The van der Waals surface area contributed by atoms with E-state index in [1.807, 2.05) is 0 Å². The number of hydrogen-bond acceptors (Lipinski definition) is 4. The third kappa shape index (κ3) is 5.08. The average molecular weight is 305 g/mol. The predicted molar refractivity (Wildman–Crippen MR) is 71.7 cm³/mol. The molecular formula is C12H15ClNO4S-. The van der Waals surface area contributed by atoms with E-state index in [1.54, 1.807) is 26.0 Å². The second-order valence-corrected chi connectivity index (χ2v) is 6.06. The number of sulfonamides is 1. The first-order valence-corrected chi connectivity index (χ1v) is 7.66. The molecule has 1 rings (SSSR count). The van der Waals surface area contributed by atoms with Gasteiger partial charge in [0.1, 0.15) is 0 Å². The minimum atomic E-state index is -4.02. The summed E-state index contributed by atoms with van der Waals surface area (Å²) in [6.07, 6.45) is -0.883. The molecule has 0 radical (unpaired) electrons. The zero-order chi connectivity index (χ0) is 14.5. The van der Waals surface area contributed by atoms with Crippen molar-refractivity contribution in [1.82, 2.24) is 0 Å². The van der Waals surface area contributed by atoms with Gasteiger partial charge in [0.15, 0.2) is 6.08 Å². The van der Waals surface area contributed by atoms with Crippen molar-refractivity contribution in [3.8, 4) is 0 Å². The Morgan fingerprint density at radius 3 is 2.42 bits per heavy atom. The highest BCUT2D eigenvalue weighted by Gasteiger charge is 2.12. The molecule has 0 atom stereocenters. The summed E-state index contributed by atoms with van der Waals surface area (Å²) < 4.78 is 31.3. The highest BCUT2D eigenvalue weighted by Crippen LogP contribution is 2.14. The molecule has 0 fully saturated rings.